The average Bonchev–Trinajstić information content (AvgIpc) is 2.54. The molecule has 1 aliphatic carbocycles. The SMILES string of the molecule is O=Cc1coc2cccc(OCC3CCCCC3)c2c1=O. The van der Waals surface area contributed by atoms with E-state index < -0.39 is 0 Å². The average molecular weight is 286 g/mol. The van der Waals surface area contributed by atoms with Crippen LogP contribution >= 0.6 is 0 Å². The molecule has 1 aliphatic rings. The molecule has 0 aliphatic heterocycles. The van der Waals surface area contributed by atoms with Gasteiger partial charge in [0.15, 0.2) is 6.29 Å². The summed E-state index contributed by atoms with van der Waals surface area (Å²) in [5.74, 6) is 1.06. The Morgan fingerprint density at radius 2 is 2.05 bits per heavy atom. The molecule has 0 amide bonds. The first-order valence-electron chi connectivity index (χ1n) is 7.42. The van der Waals surface area contributed by atoms with Crippen molar-refractivity contribution in [1.82, 2.24) is 0 Å². The Labute approximate surface area is 122 Å². The minimum atomic E-state index is -0.328. The van der Waals surface area contributed by atoms with Crippen molar-refractivity contribution < 1.29 is 13.9 Å². The summed E-state index contributed by atoms with van der Waals surface area (Å²) < 4.78 is 11.2. The van der Waals surface area contributed by atoms with Crippen molar-refractivity contribution in [2.75, 3.05) is 6.61 Å². The lowest BCUT2D eigenvalue weighted by Gasteiger charge is -2.21. The molecule has 21 heavy (non-hydrogen) atoms. The number of fused-ring (bicyclic) bond motifs is 1. The number of rotatable bonds is 4. The van der Waals surface area contributed by atoms with Crippen LogP contribution in [0.3, 0.4) is 0 Å². The van der Waals surface area contributed by atoms with Gasteiger partial charge in [-0.2, -0.15) is 0 Å². The molecule has 0 spiro atoms. The first-order valence-corrected chi connectivity index (χ1v) is 7.42. The van der Waals surface area contributed by atoms with Gasteiger partial charge in [0.2, 0.25) is 5.43 Å². The van der Waals surface area contributed by atoms with Crippen LogP contribution in [0.25, 0.3) is 11.0 Å². The number of carbonyl (C=O) groups is 1. The standard InChI is InChI=1S/C17H18O4/c18-9-13-11-21-15-8-4-7-14(16(15)17(13)19)20-10-12-5-2-1-3-6-12/h4,7-9,11-12H,1-3,5-6,10H2. The number of carbonyl (C=O) groups excluding carboxylic acids is 1. The summed E-state index contributed by atoms with van der Waals surface area (Å²) in [5, 5.41) is 0.359. The van der Waals surface area contributed by atoms with E-state index in [0.29, 0.717) is 35.5 Å². The summed E-state index contributed by atoms with van der Waals surface area (Å²) in [4.78, 5) is 23.1. The van der Waals surface area contributed by atoms with Crippen molar-refractivity contribution in [3.05, 3.63) is 40.2 Å². The van der Waals surface area contributed by atoms with E-state index >= 15 is 0 Å². The molecule has 0 atom stereocenters. The van der Waals surface area contributed by atoms with Crippen LogP contribution in [0.2, 0.25) is 0 Å². The fourth-order valence-electron chi connectivity index (χ4n) is 2.92. The Balaban J connectivity index is 1.90. The molecule has 4 heteroatoms. The van der Waals surface area contributed by atoms with Crippen LogP contribution in [0, 0.1) is 5.92 Å². The van der Waals surface area contributed by atoms with E-state index in [1.165, 1.54) is 38.4 Å². The lowest BCUT2D eigenvalue weighted by atomic mass is 9.90. The fourth-order valence-corrected chi connectivity index (χ4v) is 2.92. The highest BCUT2D eigenvalue weighted by Crippen LogP contribution is 2.27. The smallest absolute Gasteiger partial charge is 0.206 e. The van der Waals surface area contributed by atoms with E-state index in [4.69, 9.17) is 9.15 Å². The predicted molar refractivity (Wildman–Crippen MR) is 79.9 cm³/mol. The molecule has 1 aromatic carbocycles. The molecule has 2 aromatic rings. The van der Waals surface area contributed by atoms with E-state index in [2.05, 4.69) is 0 Å². The van der Waals surface area contributed by atoms with Gasteiger partial charge in [-0.3, -0.25) is 9.59 Å². The van der Waals surface area contributed by atoms with E-state index in [0.717, 1.165) is 0 Å². The zero-order chi connectivity index (χ0) is 14.7. The molecule has 0 radical (unpaired) electrons. The van der Waals surface area contributed by atoms with E-state index in [-0.39, 0.29) is 11.0 Å². The van der Waals surface area contributed by atoms with Crippen molar-refractivity contribution in [2.24, 2.45) is 5.92 Å². The maximum Gasteiger partial charge on any atom is 0.206 e. The monoisotopic (exact) mass is 286 g/mol. The second-order valence-corrected chi connectivity index (χ2v) is 5.58. The first kappa shape index (κ1) is 13.9. The van der Waals surface area contributed by atoms with Gasteiger partial charge in [-0.25, -0.2) is 0 Å². The molecule has 0 bridgehead atoms. The lowest BCUT2D eigenvalue weighted by molar-refractivity contribution is 0.112. The van der Waals surface area contributed by atoms with Gasteiger partial charge < -0.3 is 9.15 Å². The van der Waals surface area contributed by atoms with Crippen LogP contribution in [0.15, 0.2) is 33.7 Å². The van der Waals surface area contributed by atoms with Gasteiger partial charge in [-0.1, -0.05) is 25.3 Å². The van der Waals surface area contributed by atoms with Crippen LogP contribution in [0.5, 0.6) is 5.75 Å². The van der Waals surface area contributed by atoms with Crippen LogP contribution in [-0.2, 0) is 0 Å². The number of hydrogen-bond acceptors (Lipinski definition) is 4. The summed E-state index contributed by atoms with van der Waals surface area (Å²) in [7, 11) is 0. The molecular weight excluding hydrogens is 268 g/mol. The van der Waals surface area contributed by atoms with Gasteiger partial charge in [-0.05, 0) is 30.9 Å². The maximum atomic E-state index is 12.3. The van der Waals surface area contributed by atoms with Crippen LogP contribution in [0.1, 0.15) is 42.5 Å². The fraction of sp³-hybridized carbons (Fsp3) is 0.412. The van der Waals surface area contributed by atoms with Gasteiger partial charge in [0, 0.05) is 0 Å². The quantitative estimate of drug-likeness (QED) is 0.806. The van der Waals surface area contributed by atoms with Crippen LogP contribution in [-0.4, -0.2) is 12.9 Å². The van der Waals surface area contributed by atoms with Crippen molar-refractivity contribution in [3.63, 3.8) is 0 Å². The Morgan fingerprint density at radius 3 is 2.81 bits per heavy atom. The Kier molecular flexibility index (Phi) is 4.04. The predicted octanol–water partition coefficient (Wildman–Crippen LogP) is 3.56. The third kappa shape index (κ3) is 2.84. The van der Waals surface area contributed by atoms with Crippen molar-refractivity contribution in [3.8, 4) is 5.75 Å². The number of ether oxygens (including phenoxy) is 1. The molecule has 1 fully saturated rings. The summed E-state index contributed by atoms with van der Waals surface area (Å²) in [5.41, 5.74) is 0.147. The summed E-state index contributed by atoms with van der Waals surface area (Å²) in [6.45, 7) is 0.615. The Hall–Kier alpha value is -2.10. The number of benzene rings is 1. The zero-order valence-corrected chi connectivity index (χ0v) is 11.8. The molecule has 0 unspecified atom stereocenters. The van der Waals surface area contributed by atoms with Crippen LogP contribution < -0.4 is 10.2 Å². The molecule has 4 nitrogen and oxygen atoms in total. The maximum absolute atomic E-state index is 12.3. The second kappa shape index (κ2) is 6.12. The van der Waals surface area contributed by atoms with E-state index in [1.54, 1.807) is 18.2 Å². The topological polar surface area (TPSA) is 56.5 Å². The third-order valence-corrected chi connectivity index (χ3v) is 4.12. The van der Waals surface area contributed by atoms with Crippen molar-refractivity contribution in [2.45, 2.75) is 32.1 Å². The molecule has 1 saturated carbocycles. The highest BCUT2D eigenvalue weighted by atomic mass is 16.5. The Morgan fingerprint density at radius 1 is 1.24 bits per heavy atom. The summed E-state index contributed by atoms with van der Waals surface area (Å²) in [6, 6.07) is 5.26. The van der Waals surface area contributed by atoms with Gasteiger partial charge >= 0.3 is 0 Å². The second-order valence-electron chi connectivity index (χ2n) is 5.58. The van der Waals surface area contributed by atoms with E-state index in [1.807, 2.05) is 0 Å². The Bertz CT molecular complexity index is 695. The van der Waals surface area contributed by atoms with Crippen LogP contribution in [0.4, 0.5) is 0 Å². The molecule has 3 rings (SSSR count). The summed E-state index contributed by atoms with van der Waals surface area (Å²) in [6.07, 6.45) is 7.88. The number of hydrogen-bond donors (Lipinski definition) is 0. The third-order valence-electron chi connectivity index (χ3n) is 4.12. The van der Waals surface area contributed by atoms with E-state index in [9.17, 15) is 9.59 Å². The van der Waals surface area contributed by atoms with Gasteiger partial charge in [-0.15, -0.1) is 0 Å². The molecule has 0 N–H and O–H groups in total. The van der Waals surface area contributed by atoms with Crippen molar-refractivity contribution in [1.29, 1.82) is 0 Å². The van der Waals surface area contributed by atoms with Crippen molar-refractivity contribution >= 4 is 17.3 Å². The minimum Gasteiger partial charge on any atom is -0.492 e. The van der Waals surface area contributed by atoms with Gasteiger partial charge in [0.1, 0.15) is 23.0 Å². The minimum absolute atomic E-state index is 0.0243. The summed E-state index contributed by atoms with van der Waals surface area (Å²) >= 11 is 0. The normalized spacial score (nSPS) is 16.0. The molecular formula is C17H18O4. The molecule has 1 aromatic heterocycles. The highest BCUT2D eigenvalue weighted by molar-refractivity contribution is 5.88. The highest BCUT2D eigenvalue weighted by Gasteiger charge is 2.16. The largest absolute Gasteiger partial charge is 0.492 e. The molecule has 1 heterocycles. The van der Waals surface area contributed by atoms with Gasteiger partial charge in [0.05, 0.1) is 12.2 Å². The van der Waals surface area contributed by atoms with Gasteiger partial charge in [0.25, 0.3) is 0 Å². The molecule has 110 valence electrons. The lowest BCUT2D eigenvalue weighted by Crippen LogP contribution is -2.16. The zero-order valence-electron chi connectivity index (χ0n) is 11.8. The molecule has 0 saturated heterocycles. The first-order chi connectivity index (χ1) is 10.3. The number of aldehydes is 1.